The van der Waals surface area contributed by atoms with Crippen molar-refractivity contribution in [1.82, 2.24) is 29.3 Å². The van der Waals surface area contributed by atoms with E-state index in [1.165, 1.54) is 6.08 Å². The van der Waals surface area contributed by atoms with Crippen molar-refractivity contribution in [3.63, 3.8) is 0 Å². The number of hydrogen-bond donors (Lipinski definition) is 0. The maximum Gasteiger partial charge on any atom is 0.245 e. The molecule has 3 aromatic rings. The molecule has 0 unspecified atom stereocenters. The van der Waals surface area contributed by atoms with Gasteiger partial charge in [-0.2, -0.15) is 10.2 Å². The molecule has 0 N–H and O–H groups in total. The van der Waals surface area contributed by atoms with Crippen LogP contribution in [0.5, 0.6) is 5.88 Å². The minimum Gasteiger partial charge on any atom is -0.473 e. The molecule has 1 fully saturated rings. The van der Waals surface area contributed by atoms with Gasteiger partial charge in [0, 0.05) is 50.3 Å². The van der Waals surface area contributed by atoms with E-state index in [-0.39, 0.29) is 18.1 Å². The molecule has 3 aromatic heterocycles. The van der Waals surface area contributed by atoms with Crippen LogP contribution in [0.1, 0.15) is 18.4 Å². The Kier molecular flexibility index (Phi) is 4.18. The van der Waals surface area contributed by atoms with Gasteiger partial charge in [-0.15, -0.1) is 0 Å². The zero-order chi connectivity index (χ0) is 19.1. The van der Waals surface area contributed by atoms with Gasteiger partial charge in [0.05, 0.1) is 24.3 Å². The van der Waals surface area contributed by atoms with Crippen molar-refractivity contribution in [1.29, 1.82) is 0 Å². The molecular formula is C19H22N6O2. The number of hydrogen-bond acceptors (Lipinski definition) is 5. The Morgan fingerprint density at radius 1 is 1.33 bits per heavy atom. The summed E-state index contributed by atoms with van der Waals surface area (Å²) >= 11 is 0. The minimum absolute atomic E-state index is 0.0183. The molecule has 1 saturated carbocycles. The highest BCUT2D eigenvalue weighted by molar-refractivity contribution is 5.87. The van der Waals surface area contributed by atoms with Crippen LogP contribution in [0.15, 0.2) is 37.4 Å². The number of carbonyl (C=O) groups excluding carboxylic acids is 1. The van der Waals surface area contributed by atoms with E-state index >= 15 is 0 Å². The molecule has 4 rings (SSSR count). The highest BCUT2D eigenvalue weighted by Gasteiger charge is 2.36. The average molecular weight is 366 g/mol. The summed E-state index contributed by atoms with van der Waals surface area (Å²) in [6.07, 6.45) is 10.3. The summed E-state index contributed by atoms with van der Waals surface area (Å²) in [5.74, 6) is 0.497. The predicted octanol–water partition coefficient (Wildman–Crippen LogP) is 1.99. The molecule has 0 radical (unpaired) electrons. The fourth-order valence-electron chi connectivity index (χ4n) is 3.33. The van der Waals surface area contributed by atoms with Crippen molar-refractivity contribution < 1.29 is 9.53 Å². The molecular weight excluding hydrogens is 344 g/mol. The molecule has 27 heavy (non-hydrogen) atoms. The van der Waals surface area contributed by atoms with Crippen molar-refractivity contribution in [3.05, 3.63) is 43.0 Å². The Morgan fingerprint density at radius 2 is 2.11 bits per heavy atom. The largest absolute Gasteiger partial charge is 0.473 e. The van der Waals surface area contributed by atoms with Crippen molar-refractivity contribution in [2.45, 2.75) is 31.9 Å². The molecule has 8 nitrogen and oxygen atoms in total. The van der Waals surface area contributed by atoms with Gasteiger partial charge < -0.3 is 9.64 Å². The van der Waals surface area contributed by atoms with Gasteiger partial charge in [0.1, 0.15) is 11.6 Å². The van der Waals surface area contributed by atoms with Crippen LogP contribution in [-0.2, 0) is 11.8 Å². The molecule has 3 heterocycles. The van der Waals surface area contributed by atoms with Crippen LogP contribution in [0.25, 0.3) is 16.8 Å². The van der Waals surface area contributed by atoms with Gasteiger partial charge in [-0.1, -0.05) is 6.58 Å². The van der Waals surface area contributed by atoms with Crippen LogP contribution in [0, 0.1) is 6.92 Å². The predicted molar refractivity (Wildman–Crippen MR) is 100 cm³/mol. The number of carbonyl (C=O) groups is 1. The molecule has 0 atom stereocenters. The van der Waals surface area contributed by atoms with Crippen molar-refractivity contribution in [2.24, 2.45) is 7.05 Å². The molecule has 8 heteroatoms. The Morgan fingerprint density at radius 3 is 2.78 bits per heavy atom. The van der Waals surface area contributed by atoms with Gasteiger partial charge in [0.25, 0.3) is 0 Å². The monoisotopic (exact) mass is 366 g/mol. The Bertz CT molecular complexity index is 1010. The highest BCUT2D eigenvalue weighted by atomic mass is 16.5. The molecule has 140 valence electrons. The zero-order valence-corrected chi connectivity index (χ0v) is 15.7. The molecule has 1 aliphatic rings. The molecule has 0 bridgehead atoms. The second-order valence-electron chi connectivity index (χ2n) is 6.97. The molecule has 0 saturated heterocycles. The van der Waals surface area contributed by atoms with E-state index in [9.17, 15) is 4.79 Å². The lowest BCUT2D eigenvalue weighted by molar-refractivity contribution is -0.130. The second-order valence-corrected chi connectivity index (χ2v) is 6.97. The first-order chi connectivity index (χ1) is 13.0. The standard InChI is InChI=1S/C19H22N6O2/c1-5-17(26)24(4)14-6-15(7-14)27-19-18-12(2)8-21-25(18)11-16(22-19)13-9-20-23(3)10-13/h5,8-11,14-15H,1,6-7H2,2-4H3. The van der Waals surface area contributed by atoms with E-state index in [1.54, 1.807) is 33.5 Å². The SMILES string of the molecule is C=CC(=O)N(C)C1CC(Oc2nc(-c3cnn(C)c3)cn3ncc(C)c23)C1. The van der Waals surface area contributed by atoms with Crippen molar-refractivity contribution in [2.75, 3.05) is 7.05 Å². The summed E-state index contributed by atoms with van der Waals surface area (Å²) in [4.78, 5) is 18.2. The normalized spacial score (nSPS) is 18.9. The van der Waals surface area contributed by atoms with Crippen molar-refractivity contribution >= 4 is 11.4 Å². The minimum atomic E-state index is -0.0656. The lowest BCUT2D eigenvalue weighted by Gasteiger charge is -2.40. The summed E-state index contributed by atoms with van der Waals surface area (Å²) in [5.41, 5.74) is 3.52. The van der Waals surface area contributed by atoms with Gasteiger partial charge >= 0.3 is 0 Å². The van der Waals surface area contributed by atoms with Crippen LogP contribution in [-0.4, -0.2) is 54.4 Å². The van der Waals surface area contributed by atoms with Gasteiger partial charge in [-0.05, 0) is 13.0 Å². The first kappa shape index (κ1) is 17.3. The zero-order valence-electron chi connectivity index (χ0n) is 15.7. The van der Waals surface area contributed by atoms with Crippen LogP contribution in [0.4, 0.5) is 0 Å². The highest BCUT2D eigenvalue weighted by Crippen LogP contribution is 2.32. The summed E-state index contributed by atoms with van der Waals surface area (Å²) in [6, 6.07) is 0.170. The van der Waals surface area contributed by atoms with Gasteiger partial charge in [0.2, 0.25) is 11.8 Å². The molecule has 0 aliphatic heterocycles. The van der Waals surface area contributed by atoms with E-state index in [4.69, 9.17) is 9.72 Å². The Hall–Kier alpha value is -3.16. The van der Waals surface area contributed by atoms with Gasteiger partial charge in [-0.25, -0.2) is 9.50 Å². The number of likely N-dealkylation sites (N-methyl/N-ethyl adjacent to an activating group) is 1. The van der Waals surface area contributed by atoms with Crippen molar-refractivity contribution in [3.8, 4) is 17.1 Å². The number of aryl methyl sites for hydroxylation is 2. The van der Waals surface area contributed by atoms with Crippen LogP contribution < -0.4 is 4.74 Å². The van der Waals surface area contributed by atoms with Crippen LogP contribution in [0.3, 0.4) is 0 Å². The lowest BCUT2D eigenvalue weighted by Crippen LogP contribution is -2.49. The third-order valence-corrected chi connectivity index (χ3v) is 5.07. The second kappa shape index (κ2) is 6.53. The number of fused-ring (bicyclic) bond motifs is 1. The van der Waals surface area contributed by atoms with Gasteiger partial charge in [-0.3, -0.25) is 9.48 Å². The maximum absolute atomic E-state index is 11.7. The summed E-state index contributed by atoms with van der Waals surface area (Å²) < 4.78 is 9.73. The molecule has 0 aromatic carbocycles. The smallest absolute Gasteiger partial charge is 0.245 e. The quantitative estimate of drug-likeness (QED) is 0.646. The van der Waals surface area contributed by atoms with Gasteiger partial charge in [0.15, 0.2) is 0 Å². The number of aromatic nitrogens is 5. The molecule has 1 amide bonds. The summed E-state index contributed by atoms with van der Waals surface area (Å²) in [5, 5.41) is 8.62. The van der Waals surface area contributed by atoms with E-state index in [0.29, 0.717) is 5.88 Å². The van der Waals surface area contributed by atoms with Crippen LogP contribution >= 0.6 is 0 Å². The summed E-state index contributed by atoms with van der Waals surface area (Å²) in [6.45, 7) is 5.53. The topological polar surface area (TPSA) is 77.6 Å². The first-order valence-corrected chi connectivity index (χ1v) is 8.86. The number of nitrogens with zero attached hydrogens (tertiary/aromatic N) is 6. The van der Waals surface area contributed by atoms with E-state index in [1.807, 2.05) is 26.4 Å². The van der Waals surface area contributed by atoms with Crippen LogP contribution in [0.2, 0.25) is 0 Å². The fourth-order valence-corrected chi connectivity index (χ4v) is 3.33. The third-order valence-electron chi connectivity index (χ3n) is 5.07. The number of ether oxygens (including phenoxy) is 1. The number of amides is 1. The Balaban J connectivity index is 1.59. The third kappa shape index (κ3) is 3.07. The van der Waals surface area contributed by atoms with E-state index < -0.39 is 0 Å². The lowest BCUT2D eigenvalue weighted by atomic mass is 9.88. The number of rotatable bonds is 5. The van der Waals surface area contributed by atoms with E-state index in [0.717, 1.165) is 35.2 Å². The molecule has 1 aliphatic carbocycles. The summed E-state index contributed by atoms with van der Waals surface area (Å²) in [7, 11) is 3.67. The average Bonchev–Trinajstić information content (AvgIpc) is 3.22. The maximum atomic E-state index is 11.7. The fraction of sp³-hybridized carbons (Fsp3) is 0.368. The van der Waals surface area contributed by atoms with E-state index in [2.05, 4.69) is 16.8 Å². The Labute approximate surface area is 157 Å². The molecule has 0 spiro atoms. The first-order valence-electron chi connectivity index (χ1n) is 8.86.